The molecule has 10 nitrogen and oxygen atoms in total. The van der Waals surface area contributed by atoms with Crippen molar-refractivity contribution in [2.45, 2.75) is 32.9 Å². The summed E-state index contributed by atoms with van der Waals surface area (Å²) in [4.78, 5) is 37.4. The molecule has 0 fully saturated rings. The number of aromatic nitrogens is 1. The third-order valence-corrected chi connectivity index (χ3v) is 5.66. The summed E-state index contributed by atoms with van der Waals surface area (Å²) in [7, 11) is 0. The first kappa shape index (κ1) is 27.4. The highest BCUT2D eigenvalue weighted by atomic mass is 35.5. The average Bonchev–Trinajstić information content (AvgIpc) is 2.84. The van der Waals surface area contributed by atoms with Gasteiger partial charge in [0.05, 0.1) is 32.2 Å². The number of carbonyl (C=O) groups excluding carboxylic acids is 1. The van der Waals surface area contributed by atoms with Crippen LogP contribution >= 0.6 is 11.6 Å². The molecule has 3 aromatic rings. The topological polar surface area (TPSA) is 139 Å². The van der Waals surface area contributed by atoms with Gasteiger partial charge < -0.3 is 34.9 Å². The van der Waals surface area contributed by atoms with Crippen molar-refractivity contribution in [2.75, 3.05) is 18.5 Å². The summed E-state index contributed by atoms with van der Waals surface area (Å²) in [5.74, 6) is -0.703. The van der Waals surface area contributed by atoms with E-state index in [0.29, 0.717) is 40.9 Å². The van der Waals surface area contributed by atoms with Gasteiger partial charge >= 0.3 is 12.0 Å². The van der Waals surface area contributed by atoms with E-state index < -0.39 is 35.8 Å². The Kier molecular flexibility index (Phi) is 9.39. The molecule has 0 unspecified atom stereocenters. The molecule has 11 heteroatoms. The Morgan fingerprint density at radius 1 is 1.05 bits per heavy atom. The van der Waals surface area contributed by atoms with Gasteiger partial charge in [0.2, 0.25) is 0 Å². The first-order valence-electron chi connectivity index (χ1n) is 11.6. The monoisotopic (exact) mass is 529 g/mol. The van der Waals surface area contributed by atoms with E-state index in [1.165, 1.54) is 16.8 Å². The summed E-state index contributed by atoms with van der Waals surface area (Å²) >= 11 is 6.19. The molecular weight excluding hydrogens is 502 g/mol. The van der Waals surface area contributed by atoms with Crippen molar-refractivity contribution in [3.63, 3.8) is 0 Å². The minimum atomic E-state index is -1.16. The second-order valence-corrected chi connectivity index (χ2v) is 8.36. The van der Waals surface area contributed by atoms with Gasteiger partial charge in [-0.25, -0.2) is 4.79 Å². The van der Waals surface area contributed by atoms with Gasteiger partial charge in [-0.05, 0) is 49.2 Å². The summed E-state index contributed by atoms with van der Waals surface area (Å²) in [6, 6.07) is 11.3. The van der Waals surface area contributed by atoms with Gasteiger partial charge in [-0.2, -0.15) is 0 Å². The van der Waals surface area contributed by atoms with Crippen molar-refractivity contribution < 1.29 is 29.3 Å². The number of carboxylic acids is 1. The van der Waals surface area contributed by atoms with Gasteiger partial charge in [0, 0.05) is 17.3 Å². The van der Waals surface area contributed by atoms with Crippen molar-refractivity contribution in [2.24, 2.45) is 0 Å². The summed E-state index contributed by atoms with van der Waals surface area (Å²) in [6.07, 6.45) is 0.928. The van der Waals surface area contributed by atoms with E-state index >= 15 is 0 Å². The van der Waals surface area contributed by atoms with Gasteiger partial charge in [0.25, 0.3) is 5.56 Å². The second-order valence-electron chi connectivity index (χ2n) is 7.95. The highest BCUT2D eigenvalue weighted by Crippen LogP contribution is 2.29. The van der Waals surface area contributed by atoms with Crippen molar-refractivity contribution in [3.05, 3.63) is 81.2 Å². The molecule has 3 rings (SSSR count). The maximum Gasteiger partial charge on any atom is 0.319 e. The molecular formula is C26H28ClN3O7. The zero-order valence-electron chi connectivity index (χ0n) is 20.4. The number of hydrogen-bond donors (Lipinski definition) is 4. The molecule has 37 heavy (non-hydrogen) atoms. The van der Waals surface area contributed by atoms with Gasteiger partial charge in [0.1, 0.15) is 17.2 Å². The first-order valence-corrected chi connectivity index (χ1v) is 11.9. The van der Waals surface area contributed by atoms with Crippen LogP contribution in [-0.2, 0) is 11.3 Å². The number of benzene rings is 2. The predicted octanol–water partition coefficient (Wildman–Crippen LogP) is 4.39. The quantitative estimate of drug-likeness (QED) is 0.289. The minimum Gasteiger partial charge on any atom is -0.505 e. The summed E-state index contributed by atoms with van der Waals surface area (Å²) < 4.78 is 12.4. The molecule has 196 valence electrons. The molecule has 0 aliphatic heterocycles. The number of carboxylic acid groups (broad SMARTS) is 1. The van der Waals surface area contributed by atoms with Crippen LogP contribution in [0.4, 0.5) is 10.5 Å². The number of ether oxygens (including phenoxy) is 2. The third-order valence-electron chi connectivity index (χ3n) is 5.29. The number of rotatable bonds is 11. The highest BCUT2D eigenvalue weighted by molar-refractivity contribution is 6.31. The molecule has 4 N–H and O–H groups in total. The lowest BCUT2D eigenvalue weighted by Crippen LogP contribution is -2.36. The highest BCUT2D eigenvalue weighted by Gasteiger charge is 2.22. The maximum absolute atomic E-state index is 13.0. The number of carbonyl (C=O) groups is 2. The number of nitrogens with one attached hydrogen (secondary N) is 2. The Morgan fingerprint density at radius 2 is 1.70 bits per heavy atom. The standard InChI is InChI=1S/C26H28ClN3O7/c1-3-36-18-11-17(12-19(13-18)37-4-2)21(14-23(32)33)28-26(35)29-24-22(31)9-10-30(25(24)34)15-16-7-5-6-8-20(16)27/h5-13,21,31H,3-4,14-15H2,1-2H3,(H,32,33)(H2,28,29,35)/t21-/m0/s1. The van der Waals surface area contributed by atoms with E-state index in [4.69, 9.17) is 21.1 Å². The van der Waals surface area contributed by atoms with Gasteiger partial charge in [-0.3, -0.25) is 9.59 Å². The van der Waals surface area contributed by atoms with Crippen molar-refractivity contribution in [1.82, 2.24) is 9.88 Å². The molecule has 0 radical (unpaired) electrons. The average molecular weight is 530 g/mol. The van der Waals surface area contributed by atoms with E-state index in [2.05, 4.69) is 10.6 Å². The molecule has 0 aliphatic carbocycles. The van der Waals surface area contributed by atoms with Gasteiger partial charge in [-0.1, -0.05) is 29.8 Å². The molecule has 1 atom stereocenters. The normalized spacial score (nSPS) is 11.4. The molecule has 1 aromatic heterocycles. The van der Waals surface area contributed by atoms with Crippen LogP contribution in [-0.4, -0.2) is 40.0 Å². The van der Waals surface area contributed by atoms with Crippen LogP contribution in [0.3, 0.4) is 0 Å². The molecule has 1 heterocycles. The van der Waals surface area contributed by atoms with Crippen LogP contribution in [0.2, 0.25) is 5.02 Å². The Labute approximate surface area is 218 Å². The fraction of sp³-hybridized carbons (Fsp3) is 0.269. The van der Waals surface area contributed by atoms with Crippen molar-refractivity contribution >= 4 is 29.3 Å². The predicted molar refractivity (Wildman–Crippen MR) is 139 cm³/mol. The van der Waals surface area contributed by atoms with Crippen LogP contribution < -0.4 is 25.7 Å². The smallest absolute Gasteiger partial charge is 0.319 e. The van der Waals surface area contributed by atoms with Crippen LogP contribution in [0.1, 0.15) is 37.4 Å². The fourth-order valence-electron chi connectivity index (χ4n) is 3.65. The lowest BCUT2D eigenvalue weighted by atomic mass is 10.0. The molecule has 0 saturated heterocycles. The van der Waals surface area contributed by atoms with Crippen LogP contribution in [0.5, 0.6) is 17.2 Å². The lowest BCUT2D eigenvalue weighted by Gasteiger charge is -2.20. The van der Waals surface area contributed by atoms with Crippen molar-refractivity contribution in [3.8, 4) is 17.2 Å². The summed E-state index contributed by atoms with van der Waals surface area (Å²) in [5, 5.41) is 25.1. The summed E-state index contributed by atoms with van der Waals surface area (Å²) in [6.45, 7) is 4.47. The number of hydrogen-bond acceptors (Lipinski definition) is 6. The van der Waals surface area contributed by atoms with E-state index in [1.807, 2.05) is 0 Å². The number of urea groups is 1. The Balaban J connectivity index is 1.86. The van der Waals surface area contributed by atoms with Crippen LogP contribution in [0.15, 0.2) is 59.5 Å². The molecule has 2 amide bonds. The second kappa shape index (κ2) is 12.7. The number of aliphatic carboxylic acids is 1. The number of aromatic hydroxyl groups is 1. The van der Waals surface area contributed by atoms with Crippen molar-refractivity contribution in [1.29, 1.82) is 0 Å². The third kappa shape index (κ3) is 7.40. The van der Waals surface area contributed by atoms with Crippen LogP contribution in [0.25, 0.3) is 0 Å². The first-order chi connectivity index (χ1) is 17.7. The molecule has 0 aliphatic rings. The van der Waals surface area contributed by atoms with E-state index in [1.54, 1.807) is 56.3 Å². The molecule has 2 aromatic carbocycles. The zero-order valence-corrected chi connectivity index (χ0v) is 21.1. The lowest BCUT2D eigenvalue weighted by molar-refractivity contribution is -0.137. The number of amides is 2. The van der Waals surface area contributed by atoms with E-state index in [-0.39, 0.29) is 12.2 Å². The SMILES string of the molecule is CCOc1cc(OCC)cc([C@H](CC(=O)O)NC(=O)Nc2c(O)ccn(Cc3ccccc3Cl)c2=O)c1. The number of anilines is 1. The molecule has 0 spiro atoms. The van der Waals surface area contributed by atoms with Gasteiger partial charge in [-0.15, -0.1) is 0 Å². The zero-order chi connectivity index (χ0) is 26.9. The Bertz CT molecular complexity index is 1300. The minimum absolute atomic E-state index is 0.112. The maximum atomic E-state index is 13.0. The van der Waals surface area contributed by atoms with Gasteiger partial charge in [0.15, 0.2) is 5.69 Å². The number of pyridine rings is 1. The number of nitrogens with zero attached hydrogens (tertiary/aromatic N) is 1. The Hall–Kier alpha value is -4.18. The van der Waals surface area contributed by atoms with E-state index in [9.17, 15) is 24.6 Å². The largest absolute Gasteiger partial charge is 0.505 e. The fourth-order valence-corrected chi connectivity index (χ4v) is 3.84. The Morgan fingerprint density at radius 3 is 2.30 bits per heavy atom. The molecule has 0 saturated carbocycles. The molecule has 0 bridgehead atoms. The summed E-state index contributed by atoms with van der Waals surface area (Å²) in [5.41, 5.74) is 0.0783. The number of halogens is 1. The van der Waals surface area contributed by atoms with Crippen LogP contribution in [0, 0.1) is 0 Å². The van der Waals surface area contributed by atoms with E-state index in [0.717, 1.165) is 0 Å².